The molecule has 2 N–H and O–H groups in total. The Morgan fingerprint density at radius 3 is 2.46 bits per heavy atom. The highest BCUT2D eigenvalue weighted by Crippen LogP contribution is 2.45. The number of pyridine rings is 1. The van der Waals surface area contributed by atoms with Crippen LogP contribution < -0.4 is 20.3 Å². The van der Waals surface area contributed by atoms with Crippen molar-refractivity contribution in [2.24, 2.45) is 5.41 Å². The lowest BCUT2D eigenvalue weighted by molar-refractivity contribution is -0.123. The molecule has 1 fully saturated rings. The van der Waals surface area contributed by atoms with E-state index in [1.165, 1.54) is 0 Å². The van der Waals surface area contributed by atoms with Crippen LogP contribution in [0.25, 0.3) is 5.69 Å². The number of anilines is 2. The summed E-state index contributed by atoms with van der Waals surface area (Å²) in [5, 5.41) is 7.13. The van der Waals surface area contributed by atoms with Gasteiger partial charge >= 0.3 is 0 Å². The lowest BCUT2D eigenvalue weighted by atomic mass is 9.95. The summed E-state index contributed by atoms with van der Waals surface area (Å²) in [4.78, 5) is 19.5. The minimum atomic E-state index is -0.540. The molecule has 2 atom stereocenters. The number of methoxy groups -OCH3 is 1. The second kappa shape index (κ2) is 11.3. The number of carbonyl (C=O) groups excluding carboxylic acids is 1. The van der Waals surface area contributed by atoms with Crippen molar-refractivity contribution < 1.29 is 9.53 Å². The van der Waals surface area contributed by atoms with Crippen molar-refractivity contribution in [1.29, 1.82) is 0 Å². The molecule has 1 amide bonds. The van der Waals surface area contributed by atoms with E-state index in [2.05, 4.69) is 68.1 Å². The number of aryl methyl sites for hydroxylation is 1. The Labute approximate surface area is 255 Å². The third-order valence-corrected chi connectivity index (χ3v) is 8.36. The van der Waals surface area contributed by atoms with Gasteiger partial charge in [-0.1, -0.05) is 39.0 Å². The molecule has 4 aromatic rings. The van der Waals surface area contributed by atoms with E-state index in [1.807, 2.05) is 69.3 Å². The zero-order chi connectivity index (χ0) is 29.5. The Morgan fingerprint density at radius 2 is 1.80 bits per heavy atom. The van der Waals surface area contributed by atoms with Crippen molar-refractivity contribution in [3.05, 3.63) is 100 Å². The Morgan fingerprint density at radius 1 is 1.07 bits per heavy atom. The van der Waals surface area contributed by atoms with Crippen LogP contribution in [0.3, 0.4) is 0 Å². The molecule has 0 unspecified atom stereocenters. The molecule has 9 heteroatoms. The first-order valence-electron chi connectivity index (χ1n) is 13.4. The van der Waals surface area contributed by atoms with Crippen molar-refractivity contribution in [3.63, 3.8) is 0 Å². The van der Waals surface area contributed by atoms with E-state index >= 15 is 0 Å². The van der Waals surface area contributed by atoms with E-state index in [0.29, 0.717) is 16.5 Å². The highest BCUT2D eigenvalue weighted by molar-refractivity contribution is 9.10. The van der Waals surface area contributed by atoms with E-state index in [4.69, 9.17) is 21.9 Å². The van der Waals surface area contributed by atoms with Crippen LogP contribution in [0, 0.1) is 19.3 Å². The average molecular weight is 633 g/mol. The van der Waals surface area contributed by atoms with Crippen molar-refractivity contribution >= 4 is 50.5 Å². The number of thiocarbonyl (C=S) groups is 1. The molecule has 0 radical (unpaired) electrons. The Balaban J connectivity index is 1.64. The number of amides is 1. The Kier molecular flexibility index (Phi) is 7.94. The fourth-order valence-electron chi connectivity index (χ4n) is 5.28. The van der Waals surface area contributed by atoms with Gasteiger partial charge in [-0.15, -0.1) is 0 Å². The summed E-state index contributed by atoms with van der Waals surface area (Å²) in [6.45, 7) is 9.90. The summed E-state index contributed by atoms with van der Waals surface area (Å²) in [7, 11) is 1.60. The summed E-state index contributed by atoms with van der Waals surface area (Å²) in [6, 6.07) is 21.8. The van der Waals surface area contributed by atoms with E-state index < -0.39 is 5.41 Å². The average Bonchev–Trinajstić information content (AvgIpc) is 3.44. The summed E-state index contributed by atoms with van der Waals surface area (Å²) in [6.07, 6.45) is 1.81. The van der Waals surface area contributed by atoms with Gasteiger partial charge in [0.05, 0.1) is 36.3 Å². The van der Waals surface area contributed by atoms with Crippen LogP contribution in [0.15, 0.2) is 77.4 Å². The van der Waals surface area contributed by atoms with Gasteiger partial charge in [0.15, 0.2) is 5.11 Å². The van der Waals surface area contributed by atoms with Crippen LogP contribution in [0.4, 0.5) is 11.4 Å². The zero-order valence-electron chi connectivity index (χ0n) is 24.0. The molecule has 2 aromatic carbocycles. The number of nitrogens with one attached hydrogen (secondary N) is 2. The number of carbonyl (C=O) groups is 1. The molecule has 41 heavy (non-hydrogen) atoms. The third-order valence-electron chi connectivity index (χ3n) is 7.37. The predicted octanol–water partition coefficient (Wildman–Crippen LogP) is 7.42. The Bertz CT molecular complexity index is 1610. The largest absolute Gasteiger partial charge is 0.494 e. The molecule has 0 aliphatic carbocycles. The van der Waals surface area contributed by atoms with Gasteiger partial charge in [0.1, 0.15) is 5.75 Å². The maximum Gasteiger partial charge on any atom is 0.229 e. The standard InChI is InChI=1S/C32H34BrN5O2S/c1-19-17-22(20(2)37(19)26-13-8-7-11-23(26)33)29-28(25-12-9-10-16-34-25)36-31(41)38(29)21-14-15-24(27(18-21)40-6)35-30(39)32(3,4)5/h7-18,28-29H,1-6H3,(H,35,39)(H,36,41)/t28-,29-/m1/s1. The number of aromatic nitrogens is 2. The summed E-state index contributed by atoms with van der Waals surface area (Å²) >= 11 is 9.70. The lowest BCUT2D eigenvalue weighted by Crippen LogP contribution is -2.30. The SMILES string of the molecule is COc1cc(N2C(=S)N[C@H](c3ccccn3)[C@H]2c2cc(C)n(-c3ccccc3Br)c2C)ccc1NC(=O)C(C)(C)C. The van der Waals surface area contributed by atoms with Crippen molar-refractivity contribution in [3.8, 4) is 11.4 Å². The number of benzene rings is 2. The topological polar surface area (TPSA) is 71.4 Å². The smallest absolute Gasteiger partial charge is 0.229 e. The molecular formula is C32H34BrN5O2S. The van der Waals surface area contributed by atoms with E-state index in [9.17, 15) is 4.79 Å². The minimum absolute atomic E-state index is 0.0884. The fraction of sp³-hybridized carbons (Fsp3) is 0.281. The highest BCUT2D eigenvalue weighted by Gasteiger charge is 2.42. The molecule has 3 heterocycles. The molecule has 212 valence electrons. The fourth-order valence-corrected chi connectivity index (χ4v) is 6.09. The van der Waals surface area contributed by atoms with Gasteiger partial charge < -0.3 is 24.8 Å². The number of halogens is 1. The van der Waals surface area contributed by atoms with Gasteiger partial charge in [-0.2, -0.15) is 0 Å². The van der Waals surface area contributed by atoms with Gasteiger partial charge in [0.2, 0.25) is 5.91 Å². The van der Waals surface area contributed by atoms with E-state index in [1.54, 1.807) is 13.3 Å². The molecule has 1 aliphatic rings. The van der Waals surface area contributed by atoms with Gasteiger partial charge in [0, 0.05) is 39.2 Å². The molecule has 0 bridgehead atoms. The second-order valence-electron chi connectivity index (χ2n) is 11.2. The zero-order valence-corrected chi connectivity index (χ0v) is 26.4. The normalized spacial score (nSPS) is 17.0. The minimum Gasteiger partial charge on any atom is -0.494 e. The molecule has 5 rings (SSSR count). The van der Waals surface area contributed by atoms with E-state index in [0.717, 1.165) is 38.5 Å². The number of hydrogen-bond acceptors (Lipinski definition) is 4. The number of hydrogen-bond donors (Lipinski definition) is 2. The van der Waals surface area contributed by atoms with Crippen LogP contribution in [0.5, 0.6) is 5.75 Å². The van der Waals surface area contributed by atoms with Crippen LogP contribution in [0.2, 0.25) is 0 Å². The monoisotopic (exact) mass is 631 g/mol. The van der Waals surface area contributed by atoms with Gasteiger partial charge in [-0.25, -0.2) is 0 Å². The first-order valence-corrected chi connectivity index (χ1v) is 14.6. The summed E-state index contributed by atoms with van der Waals surface area (Å²) in [5.74, 6) is 0.469. The third kappa shape index (κ3) is 5.48. The first-order chi connectivity index (χ1) is 19.5. The van der Waals surface area contributed by atoms with E-state index in [-0.39, 0.29) is 18.0 Å². The molecule has 7 nitrogen and oxygen atoms in total. The number of nitrogens with zero attached hydrogens (tertiary/aromatic N) is 3. The van der Waals surface area contributed by atoms with Crippen LogP contribution >= 0.6 is 28.1 Å². The van der Waals surface area contributed by atoms with Crippen molar-refractivity contribution in [2.45, 2.75) is 46.7 Å². The maximum absolute atomic E-state index is 12.7. The van der Waals surface area contributed by atoms with Gasteiger partial charge in [-0.05, 0) is 90.0 Å². The van der Waals surface area contributed by atoms with Crippen molar-refractivity contribution in [2.75, 3.05) is 17.3 Å². The van der Waals surface area contributed by atoms with Crippen LogP contribution in [-0.2, 0) is 4.79 Å². The lowest BCUT2D eigenvalue weighted by Gasteiger charge is -2.29. The summed E-state index contributed by atoms with van der Waals surface area (Å²) in [5.41, 5.74) is 6.24. The molecule has 1 saturated heterocycles. The molecule has 0 spiro atoms. The molecule has 1 aliphatic heterocycles. The quantitative estimate of drug-likeness (QED) is 0.216. The Hall–Kier alpha value is -3.69. The van der Waals surface area contributed by atoms with Crippen molar-refractivity contribution in [1.82, 2.24) is 14.9 Å². The van der Waals surface area contributed by atoms with Crippen LogP contribution in [-0.4, -0.2) is 27.7 Å². The first kappa shape index (κ1) is 28.8. The molecule has 2 aromatic heterocycles. The number of rotatable bonds is 6. The van der Waals surface area contributed by atoms with Crippen LogP contribution in [0.1, 0.15) is 55.5 Å². The number of ether oxygens (including phenoxy) is 1. The molecule has 0 saturated carbocycles. The number of para-hydroxylation sites is 1. The maximum atomic E-state index is 12.7. The molecular weight excluding hydrogens is 598 g/mol. The predicted molar refractivity (Wildman–Crippen MR) is 172 cm³/mol. The highest BCUT2D eigenvalue weighted by atomic mass is 79.9. The summed E-state index contributed by atoms with van der Waals surface area (Å²) < 4.78 is 9.02. The second-order valence-corrected chi connectivity index (χ2v) is 12.4. The van der Waals surface area contributed by atoms with Gasteiger partial charge in [-0.3, -0.25) is 9.78 Å². The van der Waals surface area contributed by atoms with Gasteiger partial charge in [0.25, 0.3) is 0 Å².